The summed E-state index contributed by atoms with van der Waals surface area (Å²) in [5, 5.41) is 0. The SMILES string of the molecule is CC1(C)OB(B2OC(C)(C)C(C)(C)O2)OC1(C)C.Cc1ccc(N(c2ccc(C)cc2)c2cc(C)c(B3OC(C)(C)C(C)(C)O3)c(C)c2)cc1.Cc1ccc(N(c2ccc(C)cc2)c2cc(C)c(Br)c(C)c2)cc1. The zero-order valence-corrected chi connectivity index (χ0v) is 49.6. The van der Waals surface area contributed by atoms with Crippen molar-refractivity contribution in [2.75, 3.05) is 9.80 Å². The summed E-state index contributed by atoms with van der Waals surface area (Å²) in [6, 6.07) is 43.7. The van der Waals surface area contributed by atoms with Crippen molar-refractivity contribution in [1.29, 1.82) is 0 Å². The largest absolute Gasteiger partial charge is 0.495 e. The van der Waals surface area contributed by atoms with Gasteiger partial charge in [-0.3, -0.25) is 0 Å². The number of hydrogen-bond donors (Lipinski definition) is 0. The highest BCUT2D eigenvalue weighted by atomic mass is 79.9. The zero-order chi connectivity index (χ0) is 54.5. The van der Waals surface area contributed by atoms with Gasteiger partial charge >= 0.3 is 21.1 Å². The molecule has 8 nitrogen and oxygen atoms in total. The first-order valence-corrected chi connectivity index (χ1v) is 26.9. The lowest BCUT2D eigenvalue weighted by Crippen LogP contribution is -2.41. The number of rotatable bonds is 8. The molecule has 3 aliphatic rings. The highest BCUT2D eigenvalue weighted by molar-refractivity contribution is 9.10. The van der Waals surface area contributed by atoms with Crippen LogP contribution < -0.4 is 15.3 Å². The number of halogens is 1. The van der Waals surface area contributed by atoms with Crippen LogP contribution in [0.1, 0.15) is 128 Å². The van der Waals surface area contributed by atoms with Gasteiger partial charge in [-0.25, -0.2) is 0 Å². The molecule has 3 aliphatic heterocycles. The Kier molecular flexibility index (Phi) is 16.5. The van der Waals surface area contributed by atoms with Crippen LogP contribution in [0.15, 0.2) is 126 Å². The van der Waals surface area contributed by atoms with Crippen molar-refractivity contribution >= 4 is 76.7 Å². The van der Waals surface area contributed by atoms with Gasteiger partial charge in [0.05, 0.1) is 33.6 Å². The molecule has 0 aromatic heterocycles. The van der Waals surface area contributed by atoms with Gasteiger partial charge in [-0.15, -0.1) is 0 Å². The van der Waals surface area contributed by atoms with Crippen molar-refractivity contribution in [3.63, 3.8) is 0 Å². The van der Waals surface area contributed by atoms with Gasteiger partial charge in [0.1, 0.15) is 0 Å². The topological polar surface area (TPSA) is 61.9 Å². The Morgan fingerprint density at radius 1 is 0.311 bits per heavy atom. The maximum atomic E-state index is 6.37. The van der Waals surface area contributed by atoms with E-state index in [1.54, 1.807) is 0 Å². The molecule has 3 saturated heterocycles. The third-order valence-corrected chi connectivity index (χ3v) is 17.2. The highest BCUT2D eigenvalue weighted by Crippen LogP contribution is 2.44. The molecular weight excluding hydrogens is 981 g/mol. The lowest BCUT2D eigenvalue weighted by Gasteiger charge is -2.32. The van der Waals surface area contributed by atoms with Crippen LogP contribution in [0, 0.1) is 55.4 Å². The molecule has 12 heteroatoms. The van der Waals surface area contributed by atoms with Crippen molar-refractivity contribution in [1.82, 2.24) is 0 Å². The Bertz CT molecular complexity index is 2700. The lowest BCUT2D eigenvalue weighted by molar-refractivity contribution is 0.00578. The summed E-state index contributed by atoms with van der Waals surface area (Å²) in [5.41, 5.74) is 15.8. The number of hydrogen-bond acceptors (Lipinski definition) is 8. The van der Waals surface area contributed by atoms with Crippen LogP contribution in [-0.4, -0.2) is 54.7 Å². The van der Waals surface area contributed by atoms with E-state index in [-0.39, 0.29) is 40.7 Å². The molecule has 0 saturated carbocycles. The standard InChI is InChI=1S/C28H34BNO2.C22H22BrN.C12H24B2O4/c1-19-9-13-23(14-10-19)30(24-15-11-20(2)12-16-24)25-17-21(3)26(22(4)18-25)29-31-27(5,6)28(7,8)32-29;1-15-5-9-19(10-6-15)24(20-11-7-16(2)8-12-20)21-13-17(3)22(23)18(4)14-21;1-9(2)10(3,4)16-13(15-9)14-17-11(5,6)12(7,8)18-14/h9-18H,1-8H3;5-14H,1-4H3;1-8H3. The molecule has 6 aromatic carbocycles. The summed E-state index contributed by atoms with van der Waals surface area (Å²) in [5.74, 6) is 0. The molecule has 74 heavy (non-hydrogen) atoms. The average molecular weight is 1060 g/mol. The molecule has 0 radical (unpaired) electrons. The molecule has 0 amide bonds. The van der Waals surface area contributed by atoms with Crippen molar-refractivity contribution < 1.29 is 27.9 Å². The van der Waals surface area contributed by atoms with Gasteiger partial charge in [-0.05, 0) is 239 Å². The van der Waals surface area contributed by atoms with Crippen LogP contribution in [0.25, 0.3) is 0 Å². The number of anilines is 6. The van der Waals surface area contributed by atoms with E-state index >= 15 is 0 Å². The smallest absolute Gasteiger partial charge is 0.405 e. The van der Waals surface area contributed by atoms with E-state index in [0.29, 0.717) is 0 Å². The Hall–Kier alpha value is -4.65. The molecular formula is C62H80B3BrN2O6. The maximum Gasteiger partial charge on any atom is 0.495 e. The summed E-state index contributed by atoms with van der Waals surface area (Å²) in [4.78, 5) is 4.62. The zero-order valence-electron chi connectivity index (χ0n) is 48.0. The summed E-state index contributed by atoms with van der Waals surface area (Å²) < 4.78 is 37.8. The fourth-order valence-electron chi connectivity index (χ4n) is 9.14. The number of benzene rings is 6. The van der Waals surface area contributed by atoms with E-state index in [9.17, 15) is 0 Å². The maximum absolute atomic E-state index is 6.37. The molecule has 0 unspecified atom stereocenters. The van der Waals surface area contributed by atoms with Crippen LogP contribution in [0.4, 0.5) is 34.1 Å². The first-order chi connectivity index (χ1) is 34.3. The van der Waals surface area contributed by atoms with Crippen LogP contribution in [0.5, 0.6) is 0 Å². The number of nitrogens with zero attached hydrogens (tertiary/aromatic N) is 2. The monoisotopic (exact) mass is 1060 g/mol. The predicted octanol–water partition coefficient (Wildman–Crippen LogP) is 16.1. The molecule has 9 rings (SSSR count). The minimum atomic E-state index is -0.476. The van der Waals surface area contributed by atoms with Crippen LogP contribution in [0.2, 0.25) is 0 Å². The first kappa shape index (κ1) is 57.1. The van der Waals surface area contributed by atoms with E-state index in [4.69, 9.17) is 27.9 Å². The fraction of sp³-hybridized carbons (Fsp3) is 0.419. The fourth-order valence-corrected chi connectivity index (χ4v) is 9.36. The highest BCUT2D eigenvalue weighted by Gasteiger charge is 2.63. The van der Waals surface area contributed by atoms with Crippen LogP contribution in [0.3, 0.4) is 0 Å². The summed E-state index contributed by atoms with van der Waals surface area (Å²) in [6.07, 6.45) is 0. The Morgan fingerprint density at radius 3 is 0.770 bits per heavy atom. The molecule has 0 atom stereocenters. The Labute approximate surface area is 454 Å². The van der Waals surface area contributed by atoms with Gasteiger partial charge in [-0.1, -0.05) is 86.7 Å². The second-order valence-electron chi connectivity index (χ2n) is 23.7. The van der Waals surface area contributed by atoms with Gasteiger partial charge in [0, 0.05) is 38.6 Å². The molecule has 3 fully saturated rings. The average Bonchev–Trinajstić information content (AvgIpc) is 3.77. The molecule has 3 heterocycles. The Morgan fingerprint density at radius 2 is 0.527 bits per heavy atom. The van der Waals surface area contributed by atoms with Crippen molar-refractivity contribution in [3.05, 3.63) is 170 Å². The van der Waals surface area contributed by atoms with Gasteiger partial charge in [-0.2, -0.15) is 0 Å². The molecule has 390 valence electrons. The quantitative estimate of drug-likeness (QED) is 0.140. The molecule has 6 aromatic rings. The second-order valence-corrected chi connectivity index (χ2v) is 24.5. The van der Waals surface area contributed by atoms with Crippen molar-refractivity contribution in [3.8, 4) is 0 Å². The Balaban J connectivity index is 0.000000169. The molecule has 0 spiro atoms. The minimum Gasteiger partial charge on any atom is -0.405 e. The van der Waals surface area contributed by atoms with Gasteiger partial charge < -0.3 is 37.7 Å². The van der Waals surface area contributed by atoms with E-state index < -0.39 is 14.0 Å². The molecule has 0 bridgehead atoms. The van der Waals surface area contributed by atoms with E-state index in [1.165, 1.54) is 66.0 Å². The number of aryl methyl sites for hydroxylation is 8. The van der Waals surface area contributed by atoms with E-state index in [1.807, 2.05) is 55.4 Å². The summed E-state index contributed by atoms with van der Waals surface area (Å²) in [7, 11) is -1.31. The minimum absolute atomic E-state index is 0.356. The van der Waals surface area contributed by atoms with Crippen molar-refractivity contribution in [2.24, 2.45) is 0 Å². The molecule has 0 aliphatic carbocycles. The van der Waals surface area contributed by atoms with E-state index in [2.05, 4.69) is 230 Å². The van der Waals surface area contributed by atoms with Gasteiger partial charge in [0.15, 0.2) is 0 Å². The first-order valence-electron chi connectivity index (χ1n) is 26.1. The predicted molar refractivity (Wildman–Crippen MR) is 316 cm³/mol. The van der Waals surface area contributed by atoms with Gasteiger partial charge in [0.25, 0.3) is 0 Å². The summed E-state index contributed by atoms with van der Waals surface area (Å²) >= 11 is 3.68. The summed E-state index contributed by atoms with van der Waals surface area (Å²) in [6.45, 7) is 41.7. The lowest BCUT2D eigenvalue weighted by atomic mass is 9.49. The third kappa shape index (κ3) is 12.1. The second kappa shape index (κ2) is 21.4. The van der Waals surface area contributed by atoms with Crippen LogP contribution >= 0.6 is 15.9 Å². The normalized spacial score (nSPS) is 18.6. The van der Waals surface area contributed by atoms with Crippen molar-refractivity contribution in [2.45, 2.75) is 172 Å². The molecule has 0 N–H and O–H groups in total. The third-order valence-electron chi connectivity index (χ3n) is 15.9. The van der Waals surface area contributed by atoms with Gasteiger partial charge in [0.2, 0.25) is 0 Å². The van der Waals surface area contributed by atoms with E-state index in [0.717, 1.165) is 22.5 Å². The van der Waals surface area contributed by atoms with Crippen LogP contribution in [-0.2, 0) is 27.9 Å².